The first kappa shape index (κ1) is 10.7. The Morgan fingerprint density at radius 3 is 2.47 bits per heavy atom. The van der Waals surface area contributed by atoms with Crippen LogP contribution in [0.15, 0.2) is 12.2 Å². The third kappa shape index (κ3) is 2.24. The minimum absolute atomic E-state index is 0.169. The lowest BCUT2D eigenvalue weighted by atomic mass is 9.76. The van der Waals surface area contributed by atoms with Crippen LogP contribution in [0.5, 0.6) is 0 Å². The van der Waals surface area contributed by atoms with Crippen LogP contribution in [0.3, 0.4) is 0 Å². The second kappa shape index (κ2) is 4.38. The van der Waals surface area contributed by atoms with E-state index in [9.17, 15) is 4.79 Å². The summed E-state index contributed by atoms with van der Waals surface area (Å²) in [4.78, 5) is 11.3. The minimum atomic E-state index is 0.169. The zero-order valence-corrected chi connectivity index (χ0v) is 9.59. The summed E-state index contributed by atoms with van der Waals surface area (Å²) in [6.07, 6.45) is 7.07. The molecule has 0 radical (unpaired) electrons. The van der Waals surface area contributed by atoms with Gasteiger partial charge in [-0.3, -0.25) is 4.79 Å². The fourth-order valence-electron chi connectivity index (χ4n) is 3.02. The SMILES string of the molecule is C=C1CC(=O)NC1C1CCC(CC)CC1. The quantitative estimate of drug-likeness (QED) is 0.693. The zero-order chi connectivity index (χ0) is 10.8. The van der Waals surface area contributed by atoms with Gasteiger partial charge in [0.1, 0.15) is 0 Å². The molecule has 2 nitrogen and oxygen atoms in total. The van der Waals surface area contributed by atoms with Crippen LogP contribution in [-0.4, -0.2) is 11.9 Å². The highest BCUT2D eigenvalue weighted by Gasteiger charge is 2.33. The van der Waals surface area contributed by atoms with E-state index >= 15 is 0 Å². The predicted octanol–water partition coefficient (Wildman–Crippen LogP) is 2.65. The van der Waals surface area contributed by atoms with Gasteiger partial charge in [-0.05, 0) is 30.3 Å². The van der Waals surface area contributed by atoms with Crippen molar-refractivity contribution in [3.63, 3.8) is 0 Å². The Bertz CT molecular complexity index is 264. The summed E-state index contributed by atoms with van der Waals surface area (Å²) >= 11 is 0. The van der Waals surface area contributed by atoms with Gasteiger partial charge in [-0.15, -0.1) is 0 Å². The molecule has 1 aliphatic heterocycles. The number of carbonyl (C=O) groups excluding carboxylic acids is 1. The number of hydrogen-bond acceptors (Lipinski definition) is 1. The van der Waals surface area contributed by atoms with Gasteiger partial charge in [-0.2, -0.15) is 0 Å². The molecule has 2 rings (SSSR count). The van der Waals surface area contributed by atoms with Crippen LogP contribution in [0.2, 0.25) is 0 Å². The normalized spacial score (nSPS) is 36.7. The average molecular weight is 207 g/mol. The maximum absolute atomic E-state index is 11.3. The van der Waals surface area contributed by atoms with Gasteiger partial charge in [0.2, 0.25) is 5.91 Å². The highest BCUT2D eigenvalue weighted by atomic mass is 16.1. The van der Waals surface area contributed by atoms with Gasteiger partial charge in [-0.1, -0.05) is 32.8 Å². The maximum atomic E-state index is 11.3. The molecule has 0 aromatic heterocycles. The summed E-state index contributed by atoms with van der Waals surface area (Å²) in [6.45, 7) is 6.30. The first-order chi connectivity index (χ1) is 7.20. The largest absolute Gasteiger partial charge is 0.349 e. The first-order valence-corrected chi connectivity index (χ1v) is 6.17. The first-order valence-electron chi connectivity index (χ1n) is 6.17. The lowest BCUT2D eigenvalue weighted by Crippen LogP contribution is -2.35. The van der Waals surface area contributed by atoms with Gasteiger partial charge >= 0.3 is 0 Å². The zero-order valence-electron chi connectivity index (χ0n) is 9.59. The van der Waals surface area contributed by atoms with Crippen LogP contribution < -0.4 is 5.32 Å². The molecule has 1 atom stereocenters. The molecule has 2 heteroatoms. The molecule has 1 N–H and O–H groups in total. The third-order valence-corrected chi connectivity index (χ3v) is 4.08. The summed E-state index contributed by atoms with van der Waals surface area (Å²) in [7, 11) is 0. The number of nitrogens with one attached hydrogen (secondary N) is 1. The van der Waals surface area contributed by atoms with Crippen molar-refractivity contribution < 1.29 is 4.79 Å². The van der Waals surface area contributed by atoms with E-state index in [0.717, 1.165) is 11.5 Å². The average Bonchev–Trinajstić information content (AvgIpc) is 2.58. The molecule has 15 heavy (non-hydrogen) atoms. The van der Waals surface area contributed by atoms with Crippen LogP contribution >= 0.6 is 0 Å². The van der Waals surface area contributed by atoms with E-state index in [-0.39, 0.29) is 11.9 Å². The van der Waals surface area contributed by atoms with Gasteiger partial charge in [0.05, 0.1) is 6.04 Å². The van der Waals surface area contributed by atoms with Crippen LogP contribution in [0, 0.1) is 11.8 Å². The van der Waals surface area contributed by atoms with Gasteiger partial charge < -0.3 is 5.32 Å². The molecule has 1 amide bonds. The molecule has 0 spiro atoms. The molecule has 2 fully saturated rings. The van der Waals surface area contributed by atoms with Crippen molar-refractivity contribution in [3.05, 3.63) is 12.2 Å². The topological polar surface area (TPSA) is 29.1 Å². The Labute approximate surface area is 92.1 Å². The third-order valence-electron chi connectivity index (χ3n) is 4.08. The molecule has 0 bridgehead atoms. The Morgan fingerprint density at radius 2 is 2.00 bits per heavy atom. The van der Waals surface area contributed by atoms with E-state index in [1.807, 2.05) is 0 Å². The van der Waals surface area contributed by atoms with E-state index in [2.05, 4.69) is 18.8 Å². The summed E-state index contributed by atoms with van der Waals surface area (Å²) < 4.78 is 0. The molecule has 1 aliphatic carbocycles. The monoisotopic (exact) mass is 207 g/mol. The second-order valence-corrected chi connectivity index (χ2v) is 5.07. The number of carbonyl (C=O) groups is 1. The minimum Gasteiger partial charge on any atom is -0.349 e. The van der Waals surface area contributed by atoms with E-state index in [1.54, 1.807) is 0 Å². The van der Waals surface area contributed by atoms with Gasteiger partial charge in [-0.25, -0.2) is 0 Å². The standard InChI is InChI=1S/C13H21NO/c1-3-10-4-6-11(7-5-10)13-9(2)8-12(15)14-13/h10-11,13H,2-8H2,1H3,(H,14,15). The van der Waals surface area contributed by atoms with Crippen LogP contribution in [0.1, 0.15) is 45.4 Å². The van der Waals surface area contributed by atoms with Crippen molar-refractivity contribution >= 4 is 5.91 Å². The predicted molar refractivity (Wildman–Crippen MR) is 61.4 cm³/mol. The molecule has 84 valence electrons. The van der Waals surface area contributed by atoms with E-state index in [0.29, 0.717) is 12.3 Å². The fraction of sp³-hybridized carbons (Fsp3) is 0.769. The molecule has 1 unspecified atom stereocenters. The van der Waals surface area contributed by atoms with E-state index in [4.69, 9.17) is 0 Å². The summed E-state index contributed by atoms with van der Waals surface area (Å²) in [5.74, 6) is 1.75. The molecule has 1 saturated carbocycles. The lowest BCUT2D eigenvalue weighted by molar-refractivity contribution is -0.119. The van der Waals surface area contributed by atoms with Crippen molar-refractivity contribution in [2.75, 3.05) is 0 Å². The molecule has 0 aromatic rings. The Hall–Kier alpha value is -0.790. The molecule has 2 aliphatic rings. The Kier molecular flexibility index (Phi) is 3.13. The van der Waals surface area contributed by atoms with Gasteiger partial charge in [0.25, 0.3) is 0 Å². The van der Waals surface area contributed by atoms with Crippen LogP contribution in [0.4, 0.5) is 0 Å². The number of hydrogen-bond donors (Lipinski definition) is 1. The van der Waals surface area contributed by atoms with Crippen molar-refractivity contribution in [3.8, 4) is 0 Å². The van der Waals surface area contributed by atoms with Crippen molar-refractivity contribution in [1.29, 1.82) is 0 Å². The van der Waals surface area contributed by atoms with Crippen molar-refractivity contribution in [2.24, 2.45) is 11.8 Å². The highest BCUT2D eigenvalue weighted by Crippen LogP contribution is 2.35. The second-order valence-electron chi connectivity index (χ2n) is 5.07. The highest BCUT2D eigenvalue weighted by molar-refractivity contribution is 5.82. The summed E-state index contributed by atoms with van der Waals surface area (Å²) in [5, 5.41) is 3.07. The molecule has 1 saturated heterocycles. The molecular weight excluding hydrogens is 186 g/mol. The van der Waals surface area contributed by atoms with Crippen molar-refractivity contribution in [2.45, 2.75) is 51.5 Å². The Morgan fingerprint density at radius 1 is 1.33 bits per heavy atom. The van der Waals surface area contributed by atoms with Gasteiger partial charge in [0.15, 0.2) is 0 Å². The van der Waals surface area contributed by atoms with Gasteiger partial charge in [0, 0.05) is 6.42 Å². The van der Waals surface area contributed by atoms with Crippen LogP contribution in [0.25, 0.3) is 0 Å². The fourth-order valence-corrected chi connectivity index (χ4v) is 3.02. The smallest absolute Gasteiger partial charge is 0.224 e. The summed E-state index contributed by atoms with van der Waals surface area (Å²) in [6, 6.07) is 0.287. The maximum Gasteiger partial charge on any atom is 0.224 e. The number of rotatable bonds is 2. The van der Waals surface area contributed by atoms with Crippen LogP contribution in [-0.2, 0) is 4.79 Å². The molecule has 1 heterocycles. The molecule has 0 aromatic carbocycles. The Balaban J connectivity index is 1.90. The van der Waals surface area contributed by atoms with Crippen molar-refractivity contribution in [1.82, 2.24) is 5.32 Å². The number of amides is 1. The van der Waals surface area contributed by atoms with E-state index < -0.39 is 0 Å². The van der Waals surface area contributed by atoms with E-state index in [1.165, 1.54) is 32.1 Å². The summed E-state index contributed by atoms with van der Waals surface area (Å²) in [5.41, 5.74) is 1.11. The lowest BCUT2D eigenvalue weighted by Gasteiger charge is -2.32. The molecular formula is C13H21NO.